The molecule has 0 aromatic carbocycles. The van der Waals surface area contributed by atoms with Gasteiger partial charge in [-0.3, -0.25) is 0 Å². The molecule has 0 aliphatic heterocycles. The lowest BCUT2D eigenvalue weighted by Gasteiger charge is -2.36. The van der Waals surface area contributed by atoms with Gasteiger partial charge in [-0.25, -0.2) is 9.50 Å². The Morgan fingerprint density at radius 2 is 2.31 bits per heavy atom. The number of aromatic nitrogens is 3. The molecule has 2 N–H and O–H groups in total. The lowest BCUT2D eigenvalue weighted by molar-refractivity contribution is -0.0202. The first-order valence-corrected chi connectivity index (χ1v) is 5.51. The molecular formula is C11H14N4O. The van der Waals surface area contributed by atoms with Crippen molar-refractivity contribution in [3.63, 3.8) is 0 Å². The minimum atomic E-state index is -0.533. The standard InChI is InChI=1S/C11H14N4O/c16-11(3-1-4-11)8-13-10-9-2-5-14-15(9)7-6-12-10/h2,5-7,16H,1,3-4,8H2,(H,12,13). The average Bonchev–Trinajstić information content (AvgIpc) is 2.72. The maximum atomic E-state index is 9.98. The highest BCUT2D eigenvalue weighted by Crippen LogP contribution is 2.31. The molecule has 2 aromatic heterocycles. The smallest absolute Gasteiger partial charge is 0.152 e. The Hall–Kier alpha value is -1.62. The zero-order valence-corrected chi connectivity index (χ0v) is 8.93. The molecule has 0 unspecified atom stereocenters. The second-order valence-corrected chi connectivity index (χ2v) is 4.37. The summed E-state index contributed by atoms with van der Waals surface area (Å²) in [6.07, 6.45) is 8.11. The lowest BCUT2D eigenvalue weighted by Crippen LogP contribution is -2.43. The number of anilines is 1. The predicted octanol–water partition coefficient (Wildman–Crippen LogP) is 1.06. The fraction of sp³-hybridized carbons (Fsp3) is 0.455. The van der Waals surface area contributed by atoms with Crippen LogP contribution in [0.25, 0.3) is 5.52 Å². The van der Waals surface area contributed by atoms with Crippen molar-refractivity contribution in [1.29, 1.82) is 0 Å². The van der Waals surface area contributed by atoms with Gasteiger partial charge in [0.1, 0.15) is 5.52 Å². The van der Waals surface area contributed by atoms with Gasteiger partial charge >= 0.3 is 0 Å². The molecular weight excluding hydrogens is 204 g/mol. The first-order chi connectivity index (χ1) is 7.77. The maximum absolute atomic E-state index is 9.98. The predicted molar refractivity (Wildman–Crippen MR) is 60.3 cm³/mol. The van der Waals surface area contributed by atoms with Crippen molar-refractivity contribution in [2.24, 2.45) is 0 Å². The normalized spacial score (nSPS) is 18.3. The van der Waals surface area contributed by atoms with E-state index < -0.39 is 5.60 Å². The summed E-state index contributed by atoms with van der Waals surface area (Å²) in [5.74, 6) is 0.778. The van der Waals surface area contributed by atoms with Crippen molar-refractivity contribution in [3.05, 3.63) is 24.7 Å². The number of fused-ring (bicyclic) bond motifs is 1. The van der Waals surface area contributed by atoms with Gasteiger partial charge in [-0.1, -0.05) is 0 Å². The Morgan fingerprint density at radius 3 is 3.06 bits per heavy atom. The molecule has 2 heterocycles. The Kier molecular flexibility index (Phi) is 2.07. The molecule has 0 radical (unpaired) electrons. The number of nitrogens with zero attached hydrogens (tertiary/aromatic N) is 3. The minimum Gasteiger partial charge on any atom is -0.388 e. The van der Waals surface area contributed by atoms with Crippen LogP contribution in [-0.4, -0.2) is 31.9 Å². The Balaban J connectivity index is 1.81. The van der Waals surface area contributed by atoms with Crippen LogP contribution >= 0.6 is 0 Å². The first kappa shape index (κ1) is 9.59. The summed E-state index contributed by atoms with van der Waals surface area (Å²) < 4.78 is 1.76. The van der Waals surface area contributed by atoms with Gasteiger partial charge in [0.2, 0.25) is 0 Å². The fourth-order valence-electron chi connectivity index (χ4n) is 2.00. The van der Waals surface area contributed by atoms with Crippen LogP contribution in [0.4, 0.5) is 5.82 Å². The number of hydrogen-bond donors (Lipinski definition) is 2. The van der Waals surface area contributed by atoms with Crippen LogP contribution in [0, 0.1) is 0 Å². The number of hydrogen-bond acceptors (Lipinski definition) is 4. The molecule has 0 atom stereocenters. The van der Waals surface area contributed by atoms with Crippen LogP contribution in [0.3, 0.4) is 0 Å². The van der Waals surface area contributed by atoms with E-state index in [1.165, 1.54) is 0 Å². The van der Waals surface area contributed by atoms with E-state index in [0.717, 1.165) is 30.6 Å². The second-order valence-electron chi connectivity index (χ2n) is 4.37. The van der Waals surface area contributed by atoms with E-state index in [-0.39, 0.29) is 0 Å². The largest absolute Gasteiger partial charge is 0.388 e. The van der Waals surface area contributed by atoms with Crippen LogP contribution in [0.15, 0.2) is 24.7 Å². The molecule has 1 aliphatic rings. The Bertz CT molecular complexity index is 503. The third-order valence-electron chi connectivity index (χ3n) is 3.19. The van der Waals surface area contributed by atoms with Crippen molar-refractivity contribution in [2.75, 3.05) is 11.9 Å². The van der Waals surface area contributed by atoms with Gasteiger partial charge in [-0.2, -0.15) is 5.10 Å². The van der Waals surface area contributed by atoms with Gasteiger partial charge in [0.05, 0.1) is 11.8 Å². The quantitative estimate of drug-likeness (QED) is 0.808. The monoisotopic (exact) mass is 218 g/mol. The van der Waals surface area contributed by atoms with E-state index in [0.29, 0.717) is 6.54 Å². The van der Waals surface area contributed by atoms with Crippen molar-refractivity contribution in [3.8, 4) is 0 Å². The maximum Gasteiger partial charge on any atom is 0.152 e. The molecule has 5 heteroatoms. The summed E-state index contributed by atoms with van der Waals surface area (Å²) in [4.78, 5) is 4.26. The lowest BCUT2D eigenvalue weighted by atomic mass is 9.80. The molecule has 1 aliphatic carbocycles. The average molecular weight is 218 g/mol. The van der Waals surface area contributed by atoms with Crippen LogP contribution in [0.5, 0.6) is 0 Å². The summed E-state index contributed by atoms with van der Waals surface area (Å²) in [5, 5.41) is 17.3. The molecule has 3 rings (SSSR count). The van der Waals surface area contributed by atoms with E-state index >= 15 is 0 Å². The summed E-state index contributed by atoms with van der Waals surface area (Å²) in [6, 6.07) is 1.90. The Labute approximate surface area is 93.1 Å². The van der Waals surface area contributed by atoms with Gasteiger partial charge in [-0.05, 0) is 25.3 Å². The number of aliphatic hydroxyl groups is 1. The highest BCUT2D eigenvalue weighted by atomic mass is 16.3. The second kappa shape index (κ2) is 3.45. The molecule has 0 saturated heterocycles. The van der Waals surface area contributed by atoms with Crippen LogP contribution in [-0.2, 0) is 0 Å². The van der Waals surface area contributed by atoms with Crippen LogP contribution in [0.2, 0.25) is 0 Å². The summed E-state index contributed by atoms with van der Waals surface area (Å²) >= 11 is 0. The van der Waals surface area contributed by atoms with Gasteiger partial charge in [0, 0.05) is 18.9 Å². The van der Waals surface area contributed by atoms with E-state index in [1.54, 1.807) is 23.1 Å². The molecule has 1 saturated carbocycles. The van der Waals surface area contributed by atoms with Crippen molar-refractivity contribution in [1.82, 2.24) is 14.6 Å². The molecule has 1 fully saturated rings. The highest BCUT2D eigenvalue weighted by molar-refractivity contribution is 5.66. The van der Waals surface area contributed by atoms with Crippen molar-refractivity contribution in [2.45, 2.75) is 24.9 Å². The molecule has 16 heavy (non-hydrogen) atoms. The van der Waals surface area contributed by atoms with Crippen LogP contribution in [0.1, 0.15) is 19.3 Å². The van der Waals surface area contributed by atoms with E-state index in [4.69, 9.17) is 0 Å². The highest BCUT2D eigenvalue weighted by Gasteiger charge is 2.34. The van der Waals surface area contributed by atoms with Gasteiger partial charge in [0.15, 0.2) is 5.82 Å². The van der Waals surface area contributed by atoms with Gasteiger partial charge in [0.25, 0.3) is 0 Å². The van der Waals surface area contributed by atoms with E-state index in [9.17, 15) is 5.11 Å². The van der Waals surface area contributed by atoms with E-state index in [1.807, 2.05) is 6.07 Å². The molecule has 0 spiro atoms. The fourth-order valence-corrected chi connectivity index (χ4v) is 2.00. The summed E-state index contributed by atoms with van der Waals surface area (Å²) in [7, 11) is 0. The van der Waals surface area contributed by atoms with Crippen LogP contribution < -0.4 is 5.32 Å². The number of rotatable bonds is 3. The molecule has 0 amide bonds. The third kappa shape index (κ3) is 1.53. The van der Waals surface area contributed by atoms with Crippen molar-refractivity contribution < 1.29 is 5.11 Å². The summed E-state index contributed by atoms with van der Waals surface area (Å²) in [5.41, 5.74) is 0.402. The first-order valence-electron chi connectivity index (χ1n) is 5.51. The SMILES string of the molecule is OC1(CNc2nccn3nccc23)CCC1. The third-order valence-corrected chi connectivity index (χ3v) is 3.19. The topological polar surface area (TPSA) is 62.5 Å². The summed E-state index contributed by atoms with van der Waals surface area (Å²) in [6.45, 7) is 0.560. The van der Waals surface area contributed by atoms with Crippen molar-refractivity contribution >= 4 is 11.3 Å². The molecule has 0 bridgehead atoms. The molecule has 84 valence electrons. The zero-order chi connectivity index (χ0) is 11.0. The van der Waals surface area contributed by atoms with E-state index in [2.05, 4.69) is 15.4 Å². The van der Waals surface area contributed by atoms with Gasteiger partial charge in [-0.15, -0.1) is 0 Å². The molecule has 2 aromatic rings. The number of nitrogens with one attached hydrogen (secondary N) is 1. The minimum absolute atomic E-state index is 0.533. The van der Waals surface area contributed by atoms with Gasteiger partial charge < -0.3 is 10.4 Å². The Morgan fingerprint density at radius 1 is 1.44 bits per heavy atom. The zero-order valence-electron chi connectivity index (χ0n) is 8.93. The molecule has 5 nitrogen and oxygen atoms in total.